The molecular formula is C18H20F2N4O2. The zero-order valence-electron chi connectivity index (χ0n) is 14.6. The zero-order chi connectivity index (χ0) is 18.8. The number of halogens is 2. The molecule has 2 amide bonds. The van der Waals surface area contributed by atoms with Crippen molar-refractivity contribution in [2.45, 2.75) is 39.3 Å². The summed E-state index contributed by atoms with van der Waals surface area (Å²) in [6.45, 7) is 3.99. The molecule has 0 saturated carbocycles. The van der Waals surface area contributed by atoms with E-state index in [0.717, 1.165) is 17.5 Å². The Morgan fingerprint density at radius 3 is 2.81 bits per heavy atom. The molecule has 1 aromatic carbocycles. The van der Waals surface area contributed by atoms with Crippen LogP contribution in [0.2, 0.25) is 0 Å². The smallest absolute Gasteiger partial charge is 0.245 e. The highest BCUT2D eigenvalue weighted by Crippen LogP contribution is 2.25. The van der Waals surface area contributed by atoms with Crippen LogP contribution in [0.3, 0.4) is 0 Å². The number of nitrogens with one attached hydrogen (secondary N) is 2. The van der Waals surface area contributed by atoms with E-state index >= 15 is 0 Å². The largest absolute Gasteiger partial charge is 0.345 e. The van der Waals surface area contributed by atoms with Gasteiger partial charge >= 0.3 is 0 Å². The first-order valence-corrected chi connectivity index (χ1v) is 8.48. The predicted octanol–water partition coefficient (Wildman–Crippen LogP) is 2.15. The van der Waals surface area contributed by atoms with Crippen LogP contribution in [0.4, 0.5) is 8.78 Å². The van der Waals surface area contributed by atoms with E-state index in [2.05, 4.69) is 15.3 Å². The highest BCUT2D eigenvalue weighted by atomic mass is 19.1. The Bertz CT molecular complexity index is 850. The molecule has 1 aromatic heterocycles. The fourth-order valence-electron chi connectivity index (χ4n) is 3.10. The number of fused-ring (bicyclic) bond motifs is 1. The molecule has 0 saturated heterocycles. The number of benzene rings is 1. The van der Waals surface area contributed by atoms with Gasteiger partial charge in [-0.2, -0.15) is 0 Å². The maximum Gasteiger partial charge on any atom is 0.245 e. The maximum absolute atomic E-state index is 14.0. The molecule has 138 valence electrons. The van der Waals surface area contributed by atoms with Gasteiger partial charge in [0.15, 0.2) is 0 Å². The van der Waals surface area contributed by atoms with Crippen LogP contribution in [0.15, 0.2) is 18.2 Å². The summed E-state index contributed by atoms with van der Waals surface area (Å²) in [5.74, 6) is -1.43. The summed E-state index contributed by atoms with van der Waals surface area (Å²) in [4.78, 5) is 33.0. The van der Waals surface area contributed by atoms with Gasteiger partial charge in [0.25, 0.3) is 0 Å². The normalized spacial score (nSPS) is 14.7. The first-order chi connectivity index (χ1) is 12.4. The second-order valence-electron chi connectivity index (χ2n) is 6.31. The third kappa shape index (κ3) is 3.58. The number of carbonyl (C=O) groups is 2. The van der Waals surface area contributed by atoms with Crippen LogP contribution in [-0.4, -0.2) is 39.3 Å². The van der Waals surface area contributed by atoms with Crippen molar-refractivity contribution in [3.8, 4) is 11.4 Å². The van der Waals surface area contributed by atoms with Crippen LogP contribution in [-0.2, 0) is 22.6 Å². The third-order valence-electron chi connectivity index (χ3n) is 4.41. The second-order valence-corrected chi connectivity index (χ2v) is 6.31. The first kappa shape index (κ1) is 18.0. The van der Waals surface area contributed by atoms with Gasteiger partial charge in [-0.15, -0.1) is 0 Å². The Kier molecular flexibility index (Phi) is 5.01. The molecule has 0 radical (unpaired) electrons. The van der Waals surface area contributed by atoms with Crippen LogP contribution < -0.4 is 5.32 Å². The number of amides is 2. The molecule has 3 rings (SSSR count). The van der Waals surface area contributed by atoms with Gasteiger partial charge in [-0.3, -0.25) is 9.59 Å². The highest BCUT2D eigenvalue weighted by Gasteiger charge is 2.29. The number of imidazole rings is 1. The molecule has 1 aliphatic heterocycles. The molecule has 0 fully saturated rings. The lowest BCUT2D eigenvalue weighted by Gasteiger charge is -2.29. The number of hydrogen-bond donors (Lipinski definition) is 2. The number of rotatable bonds is 4. The quantitative estimate of drug-likeness (QED) is 0.875. The average molecular weight is 362 g/mol. The summed E-state index contributed by atoms with van der Waals surface area (Å²) in [7, 11) is 0. The zero-order valence-corrected chi connectivity index (χ0v) is 14.6. The van der Waals surface area contributed by atoms with Crippen molar-refractivity contribution < 1.29 is 18.4 Å². The van der Waals surface area contributed by atoms with Crippen molar-refractivity contribution in [3.63, 3.8) is 0 Å². The Morgan fingerprint density at radius 2 is 2.15 bits per heavy atom. The monoisotopic (exact) mass is 362 g/mol. The van der Waals surface area contributed by atoms with Gasteiger partial charge in [0.1, 0.15) is 23.5 Å². The summed E-state index contributed by atoms with van der Waals surface area (Å²) < 4.78 is 27.1. The SMILES string of the molecule is CC[C@@H](NC(C)=O)C(=O)N1CCc2nc(-c3ccc(F)cc3F)[nH]c2C1. The van der Waals surface area contributed by atoms with Crippen LogP contribution in [0, 0.1) is 11.6 Å². The van der Waals surface area contributed by atoms with E-state index in [9.17, 15) is 18.4 Å². The molecule has 8 heteroatoms. The van der Waals surface area contributed by atoms with Crippen molar-refractivity contribution in [1.82, 2.24) is 20.2 Å². The summed E-state index contributed by atoms with van der Waals surface area (Å²) in [6, 6.07) is 2.76. The van der Waals surface area contributed by atoms with E-state index in [1.807, 2.05) is 6.92 Å². The molecule has 1 aliphatic rings. The molecule has 2 N–H and O–H groups in total. The number of hydrogen-bond acceptors (Lipinski definition) is 3. The lowest BCUT2D eigenvalue weighted by Crippen LogP contribution is -2.49. The van der Waals surface area contributed by atoms with Gasteiger partial charge in [0, 0.05) is 26.0 Å². The van der Waals surface area contributed by atoms with Crippen molar-refractivity contribution >= 4 is 11.8 Å². The summed E-state index contributed by atoms with van der Waals surface area (Å²) >= 11 is 0. The van der Waals surface area contributed by atoms with E-state index in [0.29, 0.717) is 31.8 Å². The standard InChI is InChI=1S/C18H20F2N4O2/c1-3-14(21-10(2)25)18(26)24-7-6-15-16(9-24)23-17(22-15)12-5-4-11(19)8-13(12)20/h4-5,8,14H,3,6-7,9H2,1-2H3,(H,21,25)(H,22,23)/t14-/m1/s1. The van der Waals surface area contributed by atoms with Gasteiger partial charge in [-0.25, -0.2) is 13.8 Å². The topological polar surface area (TPSA) is 78.1 Å². The molecule has 6 nitrogen and oxygen atoms in total. The van der Waals surface area contributed by atoms with Gasteiger partial charge in [-0.05, 0) is 18.6 Å². The number of carbonyl (C=O) groups excluding carboxylic acids is 2. The maximum atomic E-state index is 14.0. The Labute approximate surface area is 149 Å². The molecule has 2 aromatic rings. The van der Waals surface area contributed by atoms with E-state index < -0.39 is 17.7 Å². The Morgan fingerprint density at radius 1 is 1.38 bits per heavy atom. The lowest BCUT2D eigenvalue weighted by atomic mass is 10.1. The number of aromatic nitrogens is 2. The number of H-pyrrole nitrogens is 1. The Hall–Kier alpha value is -2.77. The molecular weight excluding hydrogens is 342 g/mol. The van der Waals surface area contributed by atoms with Crippen molar-refractivity contribution in [2.75, 3.05) is 6.54 Å². The fraction of sp³-hybridized carbons (Fsp3) is 0.389. The van der Waals surface area contributed by atoms with E-state index in [1.165, 1.54) is 19.1 Å². The van der Waals surface area contributed by atoms with Crippen molar-refractivity contribution in [1.29, 1.82) is 0 Å². The van der Waals surface area contributed by atoms with Crippen LogP contribution in [0.25, 0.3) is 11.4 Å². The molecule has 0 unspecified atom stereocenters. The molecule has 0 aliphatic carbocycles. The predicted molar refractivity (Wildman–Crippen MR) is 91.0 cm³/mol. The molecule has 2 heterocycles. The van der Waals surface area contributed by atoms with Crippen LogP contribution in [0.1, 0.15) is 31.7 Å². The fourth-order valence-corrected chi connectivity index (χ4v) is 3.10. The lowest BCUT2D eigenvalue weighted by molar-refractivity contribution is -0.137. The molecule has 0 spiro atoms. The average Bonchev–Trinajstić information content (AvgIpc) is 3.01. The van der Waals surface area contributed by atoms with Crippen molar-refractivity contribution in [2.24, 2.45) is 0 Å². The van der Waals surface area contributed by atoms with E-state index in [-0.39, 0.29) is 17.4 Å². The minimum absolute atomic E-state index is 0.155. The van der Waals surface area contributed by atoms with Crippen LogP contribution in [0.5, 0.6) is 0 Å². The molecule has 26 heavy (non-hydrogen) atoms. The number of nitrogens with zero attached hydrogens (tertiary/aromatic N) is 2. The minimum atomic E-state index is -0.694. The van der Waals surface area contributed by atoms with Crippen molar-refractivity contribution in [3.05, 3.63) is 41.2 Å². The summed E-state index contributed by atoms with van der Waals surface area (Å²) in [5.41, 5.74) is 1.67. The Balaban J connectivity index is 1.80. The summed E-state index contributed by atoms with van der Waals surface area (Å²) in [6.07, 6.45) is 1.02. The first-order valence-electron chi connectivity index (χ1n) is 8.48. The third-order valence-corrected chi connectivity index (χ3v) is 4.41. The van der Waals surface area contributed by atoms with Gasteiger partial charge < -0.3 is 15.2 Å². The minimum Gasteiger partial charge on any atom is -0.345 e. The second kappa shape index (κ2) is 7.23. The van der Waals surface area contributed by atoms with E-state index in [1.54, 1.807) is 4.90 Å². The molecule has 1 atom stereocenters. The van der Waals surface area contributed by atoms with Crippen LogP contribution >= 0.6 is 0 Å². The van der Waals surface area contributed by atoms with Gasteiger partial charge in [-0.1, -0.05) is 6.92 Å². The van der Waals surface area contributed by atoms with Gasteiger partial charge in [0.05, 0.1) is 23.5 Å². The van der Waals surface area contributed by atoms with Gasteiger partial charge in [0.2, 0.25) is 11.8 Å². The highest BCUT2D eigenvalue weighted by molar-refractivity contribution is 5.87. The van der Waals surface area contributed by atoms with E-state index in [4.69, 9.17) is 0 Å². The molecule has 0 bridgehead atoms. The summed E-state index contributed by atoms with van der Waals surface area (Å²) in [5, 5.41) is 2.65. The number of aromatic amines is 1.